The van der Waals surface area contributed by atoms with Crippen LogP contribution in [0.1, 0.15) is 24.0 Å². The predicted octanol–water partition coefficient (Wildman–Crippen LogP) is 4.63. The molecule has 40 heavy (non-hydrogen) atoms. The summed E-state index contributed by atoms with van der Waals surface area (Å²) in [4.78, 5) is 12.0. The second-order valence-electron chi connectivity index (χ2n) is 10.0. The second kappa shape index (κ2) is 11.3. The van der Waals surface area contributed by atoms with E-state index < -0.39 is 11.2 Å². The first-order chi connectivity index (χ1) is 19.6. The second-order valence-corrected chi connectivity index (χ2v) is 10.9. The molecule has 2 N–H and O–H groups in total. The predicted molar refractivity (Wildman–Crippen MR) is 150 cm³/mol. The van der Waals surface area contributed by atoms with E-state index in [-0.39, 0.29) is 25.7 Å². The van der Waals surface area contributed by atoms with Gasteiger partial charge in [0, 0.05) is 35.7 Å². The maximum Gasteiger partial charge on any atom is 0.240 e. The van der Waals surface area contributed by atoms with Crippen LogP contribution >= 0.6 is 11.3 Å². The summed E-state index contributed by atoms with van der Waals surface area (Å²) in [5, 5.41) is 27.5. The summed E-state index contributed by atoms with van der Waals surface area (Å²) in [5.41, 5.74) is 4.96. The van der Waals surface area contributed by atoms with Crippen LogP contribution in [0.3, 0.4) is 0 Å². The molecule has 0 bridgehead atoms. The lowest BCUT2D eigenvalue weighted by molar-refractivity contribution is -0.124. The molecule has 8 nitrogen and oxygen atoms in total. The summed E-state index contributed by atoms with van der Waals surface area (Å²) >= 11 is 1.57. The Bertz CT molecular complexity index is 1610. The Hall–Kier alpha value is -3.91. The molecule has 2 aliphatic rings. The number of fused-ring (bicyclic) bond motifs is 2. The summed E-state index contributed by atoms with van der Waals surface area (Å²) in [6.45, 7) is 2.89. The molecule has 1 aliphatic heterocycles. The summed E-state index contributed by atoms with van der Waals surface area (Å²) in [7, 11) is 0. The highest BCUT2D eigenvalue weighted by atomic mass is 32.1. The van der Waals surface area contributed by atoms with Crippen LogP contribution in [0.2, 0.25) is 0 Å². The molecule has 6 rings (SSSR count). The Labute approximate surface area is 235 Å². The average Bonchev–Trinajstić information content (AvgIpc) is 3.64. The summed E-state index contributed by atoms with van der Waals surface area (Å²) < 4.78 is 26.7. The Morgan fingerprint density at radius 2 is 1.98 bits per heavy atom. The van der Waals surface area contributed by atoms with Gasteiger partial charge in [0.15, 0.2) is 0 Å². The maximum absolute atomic E-state index is 14.2. The lowest BCUT2D eigenvalue weighted by atomic mass is 9.96. The molecule has 1 aliphatic carbocycles. The first-order valence-corrected chi connectivity index (χ1v) is 14.2. The number of benzene rings is 2. The number of rotatable bonds is 10. The van der Waals surface area contributed by atoms with Gasteiger partial charge in [0.25, 0.3) is 0 Å². The zero-order valence-corrected chi connectivity index (χ0v) is 22.7. The molecule has 0 radical (unpaired) electrons. The van der Waals surface area contributed by atoms with Gasteiger partial charge >= 0.3 is 0 Å². The average molecular weight is 558 g/mol. The SMILES string of the molecule is N#CC1(C(=O)NCCOCCOc2cc(F)ccc2-c2nnc(-c3ccc4c(c3)CCNC4)c3ccsc23)CC1. The zero-order valence-electron chi connectivity index (χ0n) is 21.8. The van der Waals surface area contributed by atoms with E-state index in [1.54, 1.807) is 17.4 Å². The number of nitriles is 1. The van der Waals surface area contributed by atoms with Crippen LogP contribution < -0.4 is 15.4 Å². The van der Waals surface area contributed by atoms with E-state index in [1.807, 2.05) is 11.4 Å². The number of halogens is 1. The highest BCUT2D eigenvalue weighted by Crippen LogP contribution is 2.45. The first kappa shape index (κ1) is 26.3. The molecule has 2 aromatic carbocycles. The number of hydrogen-bond donors (Lipinski definition) is 2. The fraction of sp³-hybridized carbons (Fsp3) is 0.333. The normalized spacial score (nSPS) is 15.3. The molecule has 2 aromatic heterocycles. The summed E-state index contributed by atoms with van der Waals surface area (Å²) in [6.07, 6.45) is 2.20. The number of hydrogen-bond acceptors (Lipinski definition) is 8. The minimum atomic E-state index is -0.843. The van der Waals surface area contributed by atoms with Crippen LogP contribution in [0.5, 0.6) is 5.75 Å². The van der Waals surface area contributed by atoms with Gasteiger partial charge in [-0.3, -0.25) is 4.79 Å². The van der Waals surface area contributed by atoms with E-state index >= 15 is 0 Å². The van der Waals surface area contributed by atoms with Crippen LogP contribution in [0.25, 0.3) is 32.6 Å². The molecule has 0 saturated heterocycles. The van der Waals surface area contributed by atoms with Crippen LogP contribution in [0, 0.1) is 22.6 Å². The van der Waals surface area contributed by atoms with Gasteiger partial charge in [0.2, 0.25) is 5.91 Å². The standard InChI is InChI=1S/C30H28FN5O3S/c31-22-3-4-23(25(16-22)39-13-12-38-11-10-34-29(37)30(18-32)7-8-30)27-28-24(6-14-40-28)26(35-36-27)20-1-2-21-17-33-9-5-19(21)15-20/h1-4,6,14-16,33H,5,7-13,17H2,(H,34,37). The Kier molecular flexibility index (Phi) is 7.43. The van der Waals surface area contributed by atoms with Crippen molar-refractivity contribution in [2.24, 2.45) is 5.41 Å². The van der Waals surface area contributed by atoms with E-state index in [2.05, 4.69) is 45.1 Å². The minimum Gasteiger partial charge on any atom is -0.490 e. The molecule has 0 spiro atoms. The highest BCUT2D eigenvalue weighted by Gasteiger charge is 2.50. The molecular formula is C30H28FN5O3S. The molecular weight excluding hydrogens is 529 g/mol. The van der Waals surface area contributed by atoms with Crippen molar-refractivity contribution in [1.82, 2.24) is 20.8 Å². The highest BCUT2D eigenvalue weighted by molar-refractivity contribution is 7.17. The number of carbonyl (C=O) groups is 1. The van der Waals surface area contributed by atoms with Crippen molar-refractivity contribution in [3.05, 3.63) is 64.8 Å². The molecule has 1 amide bonds. The summed E-state index contributed by atoms with van der Waals surface area (Å²) in [6, 6.07) is 15.0. The number of nitrogens with zero attached hydrogens (tertiary/aromatic N) is 3. The fourth-order valence-corrected chi connectivity index (χ4v) is 5.83. The molecule has 0 atom stereocenters. The molecule has 1 fully saturated rings. The van der Waals surface area contributed by atoms with Gasteiger partial charge in [0.1, 0.15) is 35.0 Å². The molecule has 3 heterocycles. The van der Waals surface area contributed by atoms with Gasteiger partial charge in [-0.1, -0.05) is 12.1 Å². The monoisotopic (exact) mass is 557 g/mol. The van der Waals surface area contributed by atoms with Crippen LogP contribution in [0.15, 0.2) is 47.8 Å². The molecule has 10 heteroatoms. The number of nitrogens with one attached hydrogen (secondary N) is 2. The molecule has 0 unspecified atom stereocenters. The van der Waals surface area contributed by atoms with E-state index in [9.17, 15) is 9.18 Å². The minimum absolute atomic E-state index is 0.190. The van der Waals surface area contributed by atoms with E-state index in [1.165, 1.54) is 23.3 Å². The van der Waals surface area contributed by atoms with Gasteiger partial charge in [-0.15, -0.1) is 21.5 Å². The number of ether oxygens (including phenoxy) is 2. The Morgan fingerprint density at radius 3 is 2.83 bits per heavy atom. The van der Waals surface area contributed by atoms with Gasteiger partial charge in [-0.25, -0.2) is 4.39 Å². The van der Waals surface area contributed by atoms with Gasteiger partial charge in [0.05, 0.1) is 24.0 Å². The number of thiophene rings is 1. The van der Waals surface area contributed by atoms with E-state index in [4.69, 9.17) is 14.7 Å². The smallest absolute Gasteiger partial charge is 0.240 e. The maximum atomic E-state index is 14.2. The molecule has 4 aromatic rings. The Balaban J connectivity index is 1.14. The van der Waals surface area contributed by atoms with Crippen molar-refractivity contribution in [1.29, 1.82) is 5.26 Å². The van der Waals surface area contributed by atoms with Crippen molar-refractivity contribution in [3.63, 3.8) is 0 Å². The summed E-state index contributed by atoms with van der Waals surface area (Å²) in [5.74, 6) is -0.292. The van der Waals surface area contributed by atoms with Crippen molar-refractivity contribution < 1.29 is 18.7 Å². The van der Waals surface area contributed by atoms with E-state index in [0.717, 1.165) is 40.9 Å². The van der Waals surface area contributed by atoms with E-state index in [0.29, 0.717) is 36.4 Å². The fourth-order valence-electron chi connectivity index (χ4n) is 4.94. The van der Waals surface area contributed by atoms with Gasteiger partial charge in [-0.2, -0.15) is 5.26 Å². The molecule has 1 saturated carbocycles. The first-order valence-electron chi connectivity index (χ1n) is 13.3. The van der Waals surface area contributed by atoms with Gasteiger partial charge in [-0.05, 0) is 66.6 Å². The largest absolute Gasteiger partial charge is 0.490 e. The topological polar surface area (TPSA) is 109 Å². The number of carbonyl (C=O) groups excluding carboxylic acids is 1. The van der Waals surface area contributed by atoms with Gasteiger partial charge < -0.3 is 20.1 Å². The van der Waals surface area contributed by atoms with Crippen molar-refractivity contribution in [3.8, 4) is 34.3 Å². The van der Waals surface area contributed by atoms with Crippen molar-refractivity contribution in [2.45, 2.75) is 25.8 Å². The van der Waals surface area contributed by atoms with Crippen molar-refractivity contribution in [2.75, 3.05) is 32.9 Å². The lowest BCUT2D eigenvalue weighted by Crippen LogP contribution is -2.33. The third-order valence-electron chi connectivity index (χ3n) is 7.37. The third kappa shape index (κ3) is 5.28. The van der Waals surface area contributed by atoms with Crippen molar-refractivity contribution >= 4 is 27.3 Å². The molecule has 204 valence electrons. The number of aromatic nitrogens is 2. The lowest BCUT2D eigenvalue weighted by Gasteiger charge is -2.18. The zero-order chi connectivity index (χ0) is 27.5. The number of amides is 1. The quantitative estimate of drug-likeness (QED) is 0.274. The van der Waals surface area contributed by atoms with Crippen LogP contribution in [-0.4, -0.2) is 49.0 Å². The third-order valence-corrected chi connectivity index (χ3v) is 8.29. The van der Waals surface area contributed by atoms with Crippen LogP contribution in [0.4, 0.5) is 4.39 Å². The van der Waals surface area contributed by atoms with Crippen LogP contribution in [-0.2, 0) is 22.5 Å². The Morgan fingerprint density at radius 1 is 1.10 bits per heavy atom.